The van der Waals surface area contributed by atoms with E-state index in [0.29, 0.717) is 5.92 Å². The van der Waals surface area contributed by atoms with Crippen LogP contribution >= 0.6 is 0 Å². The van der Waals surface area contributed by atoms with Gasteiger partial charge >= 0.3 is 0 Å². The fourth-order valence-electron chi connectivity index (χ4n) is 1.75. The van der Waals surface area contributed by atoms with Crippen molar-refractivity contribution in [1.82, 2.24) is 4.98 Å². The van der Waals surface area contributed by atoms with Crippen LogP contribution in [0.5, 0.6) is 0 Å². The molecular formula is C13H15N. The highest BCUT2D eigenvalue weighted by molar-refractivity contribution is 5.81. The van der Waals surface area contributed by atoms with Crippen molar-refractivity contribution in [3.8, 4) is 0 Å². The zero-order valence-electron chi connectivity index (χ0n) is 8.70. The smallest absolute Gasteiger partial charge is 0.0736 e. The number of para-hydroxylation sites is 1. The Kier molecular flexibility index (Phi) is 2.49. The summed E-state index contributed by atoms with van der Waals surface area (Å²) in [7, 11) is 0. The first-order valence-corrected chi connectivity index (χ1v) is 5.16. The molecule has 0 aliphatic rings. The van der Waals surface area contributed by atoms with Gasteiger partial charge in [-0.2, -0.15) is 0 Å². The number of nitrogens with zero attached hydrogens (tertiary/aromatic N) is 1. The fourth-order valence-corrected chi connectivity index (χ4v) is 1.75. The summed E-state index contributed by atoms with van der Waals surface area (Å²) in [5.41, 5.74) is 2.52. The summed E-state index contributed by atoms with van der Waals surface area (Å²) in [6, 6.07) is 10.5. The Morgan fingerprint density at radius 2 is 2.00 bits per heavy atom. The van der Waals surface area contributed by atoms with Crippen molar-refractivity contribution in [3.05, 3.63) is 42.1 Å². The Labute approximate surface area is 84.8 Å². The predicted octanol–water partition coefficient (Wildman–Crippen LogP) is 3.75. The summed E-state index contributed by atoms with van der Waals surface area (Å²) in [6.07, 6.45) is 3.03. The van der Waals surface area contributed by atoms with Crippen LogP contribution in [0.4, 0.5) is 0 Å². The van der Waals surface area contributed by atoms with Crippen molar-refractivity contribution in [3.63, 3.8) is 0 Å². The van der Waals surface area contributed by atoms with Crippen molar-refractivity contribution in [1.29, 1.82) is 0 Å². The topological polar surface area (TPSA) is 12.9 Å². The summed E-state index contributed by atoms with van der Waals surface area (Å²) in [5, 5.41) is 1.24. The standard InChI is InChI=1S/C13H15N/c1-3-10(2)12-8-4-6-11-7-5-9-14-13(11)12/h4-10H,3H2,1-2H3/t10-/m1/s1. The number of pyridine rings is 1. The average molecular weight is 185 g/mol. The molecule has 72 valence electrons. The molecule has 1 heteroatoms. The predicted molar refractivity (Wildman–Crippen MR) is 60.4 cm³/mol. The first-order chi connectivity index (χ1) is 6.83. The lowest BCUT2D eigenvalue weighted by Gasteiger charge is -2.11. The molecule has 0 fully saturated rings. The van der Waals surface area contributed by atoms with E-state index in [-0.39, 0.29) is 0 Å². The van der Waals surface area contributed by atoms with Crippen LogP contribution in [0.25, 0.3) is 10.9 Å². The van der Waals surface area contributed by atoms with Crippen molar-refractivity contribution < 1.29 is 0 Å². The summed E-state index contributed by atoms with van der Waals surface area (Å²) < 4.78 is 0. The molecule has 2 rings (SSSR count). The molecule has 0 bridgehead atoms. The minimum Gasteiger partial charge on any atom is -0.256 e. The first kappa shape index (κ1) is 9.20. The molecule has 0 aliphatic carbocycles. The number of rotatable bonds is 2. The Morgan fingerprint density at radius 1 is 1.21 bits per heavy atom. The van der Waals surface area contributed by atoms with Crippen LogP contribution in [0.15, 0.2) is 36.5 Å². The van der Waals surface area contributed by atoms with Gasteiger partial charge in [0.15, 0.2) is 0 Å². The van der Waals surface area contributed by atoms with Gasteiger partial charge in [-0.1, -0.05) is 38.1 Å². The number of fused-ring (bicyclic) bond motifs is 1. The van der Waals surface area contributed by atoms with Crippen molar-refractivity contribution in [2.75, 3.05) is 0 Å². The van der Waals surface area contributed by atoms with Gasteiger partial charge in [-0.05, 0) is 24.0 Å². The van der Waals surface area contributed by atoms with Gasteiger partial charge in [0.05, 0.1) is 5.52 Å². The minimum atomic E-state index is 0.591. The van der Waals surface area contributed by atoms with Crippen LogP contribution in [0.3, 0.4) is 0 Å². The van der Waals surface area contributed by atoms with Crippen LogP contribution in [-0.4, -0.2) is 4.98 Å². The lowest BCUT2D eigenvalue weighted by atomic mass is 9.96. The maximum atomic E-state index is 4.45. The quantitative estimate of drug-likeness (QED) is 0.694. The van der Waals surface area contributed by atoms with Crippen molar-refractivity contribution in [2.45, 2.75) is 26.2 Å². The van der Waals surface area contributed by atoms with E-state index in [1.165, 1.54) is 10.9 Å². The summed E-state index contributed by atoms with van der Waals surface area (Å²) in [4.78, 5) is 4.45. The van der Waals surface area contributed by atoms with Gasteiger partial charge in [-0.25, -0.2) is 0 Å². The van der Waals surface area contributed by atoms with Crippen molar-refractivity contribution in [2.24, 2.45) is 0 Å². The molecule has 0 spiro atoms. The summed E-state index contributed by atoms with van der Waals surface area (Å²) in [6.45, 7) is 4.47. The van der Waals surface area contributed by atoms with Gasteiger partial charge in [-0.15, -0.1) is 0 Å². The summed E-state index contributed by atoms with van der Waals surface area (Å²) in [5.74, 6) is 0.591. The molecule has 0 radical (unpaired) electrons. The molecule has 0 saturated carbocycles. The first-order valence-electron chi connectivity index (χ1n) is 5.16. The second kappa shape index (κ2) is 3.79. The second-order valence-electron chi connectivity index (χ2n) is 3.73. The molecule has 0 unspecified atom stereocenters. The van der Waals surface area contributed by atoms with E-state index < -0.39 is 0 Å². The van der Waals surface area contributed by atoms with Gasteiger partial charge in [0.25, 0.3) is 0 Å². The van der Waals surface area contributed by atoms with Gasteiger partial charge in [0, 0.05) is 11.6 Å². The largest absolute Gasteiger partial charge is 0.256 e. The third-order valence-electron chi connectivity index (χ3n) is 2.81. The van der Waals surface area contributed by atoms with Gasteiger partial charge in [0.2, 0.25) is 0 Å². The van der Waals surface area contributed by atoms with Gasteiger partial charge < -0.3 is 0 Å². The molecule has 0 N–H and O–H groups in total. The molecule has 0 aliphatic heterocycles. The van der Waals surface area contributed by atoms with Crippen LogP contribution in [0.1, 0.15) is 31.7 Å². The SMILES string of the molecule is CC[C@@H](C)c1cccc2cccnc12. The molecule has 1 aromatic heterocycles. The third kappa shape index (κ3) is 1.50. The zero-order valence-corrected chi connectivity index (χ0v) is 8.70. The van der Waals surface area contributed by atoms with Gasteiger partial charge in [0.1, 0.15) is 0 Å². The van der Waals surface area contributed by atoms with Crippen LogP contribution in [-0.2, 0) is 0 Å². The molecule has 14 heavy (non-hydrogen) atoms. The molecule has 1 atom stereocenters. The maximum Gasteiger partial charge on any atom is 0.0736 e. The van der Waals surface area contributed by atoms with Crippen LogP contribution in [0.2, 0.25) is 0 Å². The number of aromatic nitrogens is 1. The second-order valence-corrected chi connectivity index (χ2v) is 3.73. The average Bonchev–Trinajstić information content (AvgIpc) is 2.27. The molecule has 1 heterocycles. The highest BCUT2D eigenvalue weighted by Gasteiger charge is 2.07. The van der Waals surface area contributed by atoms with Gasteiger partial charge in [-0.3, -0.25) is 4.98 Å². The number of benzene rings is 1. The maximum absolute atomic E-state index is 4.45. The van der Waals surface area contributed by atoms with Crippen LogP contribution in [0, 0.1) is 0 Å². The molecule has 2 aromatic rings. The Hall–Kier alpha value is -1.37. The monoisotopic (exact) mass is 185 g/mol. The number of hydrogen-bond acceptors (Lipinski definition) is 1. The summed E-state index contributed by atoms with van der Waals surface area (Å²) >= 11 is 0. The lowest BCUT2D eigenvalue weighted by Crippen LogP contribution is -1.93. The van der Waals surface area contributed by atoms with E-state index >= 15 is 0 Å². The van der Waals surface area contributed by atoms with E-state index in [2.05, 4.69) is 43.1 Å². The molecule has 1 aromatic carbocycles. The fraction of sp³-hybridized carbons (Fsp3) is 0.308. The highest BCUT2D eigenvalue weighted by atomic mass is 14.6. The highest BCUT2D eigenvalue weighted by Crippen LogP contribution is 2.25. The van der Waals surface area contributed by atoms with Crippen LogP contribution < -0.4 is 0 Å². The molecular weight excluding hydrogens is 170 g/mol. The van der Waals surface area contributed by atoms with E-state index in [4.69, 9.17) is 0 Å². The minimum absolute atomic E-state index is 0.591. The Balaban J connectivity index is 2.65. The Bertz CT molecular complexity index is 429. The zero-order chi connectivity index (χ0) is 9.97. The Morgan fingerprint density at radius 3 is 2.79 bits per heavy atom. The molecule has 0 amide bonds. The van der Waals surface area contributed by atoms with E-state index in [9.17, 15) is 0 Å². The van der Waals surface area contributed by atoms with E-state index in [1.54, 1.807) is 0 Å². The molecule has 0 saturated heterocycles. The van der Waals surface area contributed by atoms with E-state index in [1.807, 2.05) is 12.3 Å². The normalized spacial score (nSPS) is 13.0. The molecule has 1 nitrogen and oxygen atoms in total. The number of hydrogen-bond donors (Lipinski definition) is 0. The lowest BCUT2D eigenvalue weighted by molar-refractivity contribution is 0.738. The third-order valence-corrected chi connectivity index (χ3v) is 2.81. The van der Waals surface area contributed by atoms with Crippen molar-refractivity contribution >= 4 is 10.9 Å². The van der Waals surface area contributed by atoms with E-state index in [0.717, 1.165) is 11.9 Å².